The van der Waals surface area contributed by atoms with E-state index in [2.05, 4.69) is 11.4 Å². The fraction of sp³-hybridized carbons (Fsp3) is 0.429. The average molecular weight is 261 g/mol. The van der Waals surface area contributed by atoms with Gasteiger partial charge in [-0.25, -0.2) is 0 Å². The SMILES string of the molecule is COCCCNC(=O)CN(C)c1ccc(C#N)cc1. The van der Waals surface area contributed by atoms with Gasteiger partial charge in [-0.05, 0) is 30.7 Å². The molecular formula is C14H19N3O2. The van der Waals surface area contributed by atoms with E-state index in [1.807, 2.05) is 24.1 Å². The van der Waals surface area contributed by atoms with Crippen LogP contribution in [0.3, 0.4) is 0 Å². The van der Waals surface area contributed by atoms with Crippen LogP contribution in [-0.2, 0) is 9.53 Å². The van der Waals surface area contributed by atoms with Crippen LogP contribution in [0.1, 0.15) is 12.0 Å². The van der Waals surface area contributed by atoms with Crippen molar-refractivity contribution < 1.29 is 9.53 Å². The zero-order valence-corrected chi connectivity index (χ0v) is 11.3. The van der Waals surface area contributed by atoms with E-state index in [9.17, 15) is 4.79 Å². The van der Waals surface area contributed by atoms with E-state index in [-0.39, 0.29) is 5.91 Å². The maximum atomic E-state index is 11.7. The van der Waals surface area contributed by atoms with Crippen LogP contribution >= 0.6 is 0 Å². The number of nitrogens with one attached hydrogen (secondary N) is 1. The molecule has 1 amide bonds. The van der Waals surface area contributed by atoms with Gasteiger partial charge in [0.25, 0.3) is 0 Å². The summed E-state index contributed by atoms with van der Waals surface area (Å²) in [4.78, 5) is 13.5. The molecule has 0 fully saturated rings. The maximum absolute atomic E-state index is 11.7. The van der Waals surface area contributed by atoms with Crippen LogP contribution in [0.2, 0.25) is 0 Å². The molecule has 1 N–H and O–H groups in total. The minimum atomic E-state index is -0.0250. The highest BCUT2D eigenvalue weighted by atomic mass is 16.5. The number of carbonyl (C=O) groups is 1. The van der Waals surface area contributed by atoms with E-state index in [0.717, 1.165) is 12.1 Å². The second kappa shape index (κ2) is 8.11. The summed E-state index contributed by atoms with van der Waals surface area (Å²) in [7, 11) is 3.48. The van der Waals surface area contributed by atoms with Crippen molar-refractivity contribution in [3.8, 4) is 6.07 Å². The summed E-state index contributed by atoms with van der Waals surface area (Å²) in [6, 6.07) is 9.20. The molecule has 0 spiro atoms. The molecule has 0 aliphatic heterocycles. The van der Waals surface area contributed by atoms with Crippen molar-refractivity contribution >= 4 is 11.6 Å². The lowest BCUT2D eigenvalue weighted by Gasteiger charge is -2.18. The Morgan fingerprint density at radius 2 is 2.11 bits per heavy atom. The number of rotatable bonds is 7. The summed E-state index contributed by atoms with van der Waals surface area (Å²) in [5.74, 6) is -0.0250. The molecule has 5 nitrogen and oxygen atoms in total. The number of carbonyl (C=O) groups excluding carboxylic acids is 1. The van der Waals surface area contributed by atoms with Crippen molar-refractivity contribution in [2.75, 3.05) is 38.8 Å². The Hall–Kier alpha value is -2.06. The molecule has 0 aromatic heterocycles. The Labute approximate surface area is 113 Å². The Bertz CT molecular complexity index is 437. The molecule has 0 aliphatic rings. The predicted octanol–water partition coefficient (Wildman–Crippen LogP) is 1.15. The molecule has 1 aromatic rings. The Morgan fingerprint density at radius 3 is 2.68 bits per heavy atom. The van der Waals surface area contributed by atoms with Crippen LogP contribution in [0.4, 0.5) is 5.69 Å². The van der Waals surface area contributed by atoms with E-state index in [4.69, 9.17) is 10.00 Å². The van der Waals surface area contributed by atoms with Crippen LogP contribution in [0.25, 0.3) is 0 Å². The highest BCUT2D eigenvalue weighted by molar-refractivity contribution is 5.81. The maximum Gasteiger partial charge on any atom is 0.239 e. The summed E-state index contributed by atoms with van der Waals surface area (Å²) in [5, 5.41) is 11.5. The van der Waals surface area contributed by atoms with Crippen LogP contribution in [-0.4, -0.2) is 39.8 Å². The van der Waals surface area contributed by atoms with Crippen LogP contribution in [0.15, 0.2) is 24.3 Å². The van der Waals surface area contributed by atoms with Crippen molar-refractivity contribution in [1.82, 2.24) is 5.32 Å². The molecule has 0 bridgehead atoms. The standard InChI is InChI=1S/C14H19N3O2/c1-17(11-14(18)16-8-3-9-19-2)13-6-4-12(10-15)5-7-13/h4-7H,3,8-9,11H2,1-2H3,(H,16,18). The zero-order valence-electron chi connectivity index (χ0n) is 11.3. The second-order valence-electron chi connectivity index (χ2n) is 4.21. The molecule has 0 heterocycles. The van der Waals surface area contributed by atoms with Crippen molar-refractivity contribution in [2.45, 2.75) is 6.42 Å². The average Bonchev–Trinajstić information content (AvgIpc) is 2.43. The monoisotopic (exact) mass is 261 g/mol. The first-order valence-electron chi connectivity index (χ1n) is 6.14. The molecule has 0 aliphatic carbocycles. The number of hydrogen-bond donors (Lipinski definition) is 1. The molecule has 0 radical (unpaired) electrons. The van der Waals surface area contributed by atoms with Gasteiger partial charge in [-0.1, -0.05) is 0 Å². The topological polar surface area (TPSA) is 65.4 Å². The highest BCUT2D eigenvalue weighted by Crippen LogP contribution is 2.12. The van der Waals surface area contributed by atoms with Crippen molar-refractivity contribution in [2.24, 2.45) is 0 Å². The predicted molar refractivity (Wildman–Crippen MR) is 73.9 cm³/mol. The van der Waals surface area contributed by atoms with Gasteiger partial charge in [0.15, 0.2) is 0 Å². The number of hydrogen-bond acceptors (Lipinski definition) is 4. The Morgan fingerprint density at radius 1 is 1.42 bits per heavy atom. The molecule has 0 unspecified atom stereocenters. The van der Waals surface area contributed by atoms with Gasteiger partial charge in [0.1, 0.15) is 0 Å². The summed E-state index contributed by atoms with van der Waals surface area (Å²) < 4.78 is 4.91. The molecule has 5 heteroatoms. The van der Waals surface area contributed by atoms with E-state index in [1.54, 1.807) is 19.2 Å². The van der Waals surface area contributed by atoms with Gasteiger partial charge in [-0.2, -0.15) is 5.26 Å². The summed E-state index contributed by atoms with van der Waals surface area (Å²) in [6.07, 6.45) is 0.808. The number of benzene rings is 1. The largest absolute Gasteiger partial charge is 0.385 e. The number of nitrogens with zero attached hydrogens (tertiary/aromatic N) is 2. The molecular weight excluding hydrogens is 242 g/mol. The molecule has 1 aromatic carbocycles. The lowest BCUT2D eigenvalue weighted by molar-refractivity contribution is -0.119. The first-order chi connectivity index (χ1) is 9.17. The quantitative estimate of drug-likeness (QED) is 0.748. The lowest BCUT2D eigenvalue weighted by Crippen LogP contribution is -2.35. The van der Waals surface area contributed by atoms with Gasteiger partial charge < -0.3 is 15.0 Å². The molecule has 1 rings (SSSR count). The molecule has 0 atom stereocenters. The first-order valence-corrected chi connectivity index (χ1v) is 6.14. The third-order valence-corrected chi connectivity index (χ3v) is 2.67. The van der Waals surface area contributed by atoms with Gasteiger partial charge >= 0.3 is 0 Å². The van der Waals surface area contributed by atoms with Crippen LogP contribution in [0, 0.1) is 11.3 Å². The number of likely N-dealkylation sites (N-methyl/N-ethyl adjacent to an activating group) is 1. The number of anilines is 1. The Balaban J connectivity index is 2.38. The van der Waals surface area contributed by atoms with Crippen molar-refractivity contribution in [3.63, 3.8) is 0 Å². The zero-order chi connectivity index (χ0) is 14.1. The van der Waals surface area contributed by atoms with E-state index >= 15 is 0 Å². The van der Waals surface area contributed by atoms with Crippen molar-refractivity contribution in [3.05, 3.63) is 29.8 Å². The normalized spacial score (nSPS) is 9.74. The van der Waals surface area contributed by atoms with E-state index in [1.165, 1.54) is 0 Å². The van der Waals surface area contributed by atoms with E-state index in [0.29, 0.717) is 25.3 Å². The fourth-order valence-corrected chi connectivity index (χ4v) is 1.60. The third kappa shape index (κ3) is 5.40. The smallest absolute Gasteiger partial charge is 0.239 e. The van der Waals surface area contributed by atoms with Crippen LogP contribution < -0.4 is 10.2 Å². The highest BCUT2D eigenvalue weighted by Gasteiger charge is 2.06. The molecule has 19 heavy (non-hydrogen) atoms. The van der Waals surface area contributed by atoms with Gasteiger partial charge in [-0.15, -0.1) is 0 Å². The molecule has 102 valence electrons. The lowest BCUT2D eigenvalue weighted by atomic mass is 10.2. The van der Waals surface area contributed by atoms with Gasteiger partial charge in [-0.3, -0.25) is 4.79 Å². The van der Waals surface area contributed by atoms with Crippen molar-refractivity contribution in [1.29, 1.82) is 5.26 Å². The summed E-state index contributed by atoms with van der Waals surface area (Å²) in [5.41, 5.74) is 1.52. The van der Waals surface area contributed by atoms with Gasteiger partial charge in [0, 0.05) is 33.0 Å². The number of nitriles is 1. The molecule has 0 saturated carbocycles. The second-order valence-corrected chi connectivity index (χ2v) is 4.21. The third-order valence-electron chi connectivity index (χ3n) is 2.67. The van der Waals surface area contributed by atoms with Gasteiger partial charge in [0.2, 0.25) is 5.91 Å². The summed E-state index contributed by atoms with van der Waals surface area (Å²) in [6.45, 7) is 1.55. The summed E-state index contributed by atoms with van der Waals surface area (Å²) >= 11 is 0. The minimum Gasteiger partial charge on any atom is -0.385 e. The minimum absolute atomic E-state index is 0.0250. The van der Waals surface area contributed by atoms with Gasteiger partial charge in [0.05, 0.1) is 18.2 Å². The molecule has 0 saturated heterocycles. The number of ether oxygens (including phenoxy) is 1. The number of amides is 1. The number of methoxy groups -OCH3 is 1. The van der Waals surface area contributed by atoms with Crippen LogP contribution in [0.5, 0.6) is 0 Å². The van der Waals surface area contributed by atoms with E-state index < -0.39 is 0 Å². The fourth-order valence-electron chi connectivity index (χ4n) is 1.60. The first kappa shape index (κ1) is 15.0. The Kier molecular flexibility index (Phi) is 6.41.